The standard InChI is InChI=1S/C12H20N2O3S/c1-5-17-7-6-14(4)11-13-9(8-18-11)12(2,3)10(15)16/h8H,5-7H2,1-4H3,(H,15,16). The molecule has 0 atom stereocenters. The zero-order chi connectivity index (χ0) is 13.8. The minimum atomic E-state index is -0.949. The Labute approximate surface area is 111 Å². The van der Waals surface area contributed by atoms with Crippen molar-refractivity contribution in [3.63, 3.8) is 0 Å². The van der Waals surface area contributed by atoms with Crippen LogP contribution in [0, 0.1) is 0 Å². The van der Waals surface area contributed by atoms with Gasteiger partial charge in [0.1, 0.15) is 5.41 Å². The zero-order valence-electron chi connectivity index (χ0n) is 11.3. The smallest absolute Gasteiger partial charge is 0.315 e. The van der Waals surface area contributed by atoms with Crippen LogP contribution in [0.25, 0.3) is 0 Å². The fourth-order valence-corrected chi connectivity index (χ4v) is 2.26. The molecule has 1 aromatic heterocycles. The quantitative estimate of drug-likeness (QED) is 0.769. The van der Waals surface area contributed by atoms with Gasteiger partial charge in [-0.2, -0.15) is 0 Å². The maximum atomic E-state index is 11.1. The van der Waals surface area contributed by atoms with Crippen molar-refractivity contribution in [2.45, 2.75) is 26.2 Å². The fourth-order valence-electron chi connectivity index (χ4n) is 1.28. The van der Waals surface area contributed by atoms with Gasteiger partial charge < -0.3 is 14.7 Å². The number of aliphatic carboxylic acids is 1. The predicted molar refractivity (Wildman–Crippen MR) is 72.5 cm³/mol. The normalized spacial score (nSPS) is 11.6. The monoisotopic (exact) mass is 272 g/mol. The lowest BCUT2D eigenvalue weighted by Gasteiger charge is -2.17. The molecule has 0 amide bonds. The molecule has 0 aliphatic rings. The number of likely N-dealkylation sites (N-methyl/N-ethyl adjacent to an activating group) is 1. The number of hydrogen-bond acceptors (Lipinski definition) is 5. The van der Waals surface area contributed by atoms with Gasteiger partial charge >= 0.3 is 5.97 Å². The molecule has 0 fully saturated rings. The fraction of sp³-hybridized carbons (Fsp3) is 0.667. The number of hydrogen-bond donors (Lipinski definition) is 1. The van der Waals surface area contributed by atoms with Crippen molar-refractivity contribution < 1.29 is 14.6 Å². The van der Waals surface area contributed by atoms with Gasteiger partial charge in [0.25, 0.3) is 0 Å². The highest BCUT2D eigenvalue weighted by molar-refractivity contribution is 7.13. The van der Waals surface area contributed by atoms with E-state index in [1.807, 2.05) is 18.9 Å². The summed E-state index contributed by atoms with van der Waals surface area (Å²) in [6.07, 6.45) is 0. The summed E-state index contributed by atoms with van der Waals surface area (Å²) in [5, 5.41) is 11.8. The second-order valence-corrected chi connectivity index (χ2v) is 5.40. The molecular formula is C12H20N2O3S. The lowest BCUT2D eigenvalue weighted by Crippen LogP contribution is -2.29. The molecule has 0 aliphatic heterocycles. The molecule has 0 bridgehead atoms. The molecule has 0 radical (unpaired) electrons. The van der Waals surface area contributed by atoms with Gasteiger partial charge in [-0.25, -0.2) is 4.98 Å². The van der Waals surface area contributed by atoms with Gasteiger partial charge in [0, 0.05) is 25.6 Å². The van der Waals surface area contributed by atoms with E-state index in [0.717, 1.165) is 11.7 Å². The highest BCUT2D eigenvalue weighted by atomic mass is 32.1. The molecule has 0 aliphatic carbocycles. The molecule has 0 spiro atoms. The van der Waals surface area contributed by atoms with Crippen molar-refractivity contribution in [1.82, 2.24) is 4.98 Å². The number of rotatable bonds is 7. The van der Waals surface area contributed by atoms with Crippen LogP contribution in [0.1, 0.15) is 26.5 Å². The summed E-state index contributed by atoms with van der Waals surface area (Å²) < 4.78 is 5.28. The number of ether oxygens (including phenoxy) is 1. The summed E-state index contributed by atoms with van der Waals surface area (Å²) >= 11 is 1.46. The molecule has 0 saturated heterocycles. The van der Waals surface area contributed by atoms with Crippen LogP contribution in [0.2, 0.25) is 0 Å². The van der Waals surface area contributed by atoms with Gasteiger partial charge in [0.05, 0.1) is 12.3 Å². The first-order chi connectivity index (χ1) is 8.39. The van der Waals surface area contributed by atoms with Crippen LogP contribution in [-0.4, -0.2) is 42.9 Å². The maximum Gasteiger partial charge on any atom is 0.315 e. The first-order valence-electron chi connectivity index (χ1n) is 5.87. The highest BCUT2D eigenvalue weighted by Gasteiger charge is 2.32. The third-order valence-electron chi connectivity index (χ3n) is 2.77. The molecule has 0 aromatic carbocycles. The van der Waals surface area contributed by atoms with Crippen molar-refractivity contribution in [1.29, 1.82) is 0 Å². The van der Waals surface area contributed by atoms with Crippen LogP contribution >= 0.6 is 11.3 Å². The number of nitrogens with zero attached hydrogens (tertiary/aromatic N) is 2. The van der Waals surface area contributed by atoms with Gasteiger partial charge in [-0.05, 0) is 20.8 Å². The molecule has 0 saturated carbocycles. The van der Waals surface area contributed by atoms with Crippen molar-refractivity contribution in [3.05, 3.63) is 11.1 Å². The van der Waals surface area contributed by atoms with E-state index < -0.39 is 11.4 Å². The Morgan fingerprint density at radius 2 is 2.28 bits per heavy atom. The average Bonchev–Trinajstić information content (AvgIpc) is 2.78. The van der Waals surface area contributed by atoms with E-state index in [1.165, 1.54) is 11.3 Å². The summed E-state index contributed by atoms with van der Waals surface area (Å²) in [5.74, 6) is -0.865. The van der Waals surface area contributed by atoms with Crippen molar-refractivity contribution in [2.75, 3.05) is 31.7 Å². The molecular weight excluding hydrogens is 252 g/mol. The Morgan fingerprint density at radius 1 is 1.61 bits per heavy atom. The van der Waals surface area contributed by atoms with Crippen LogP contribution in [0.5, 0.6) is 0 Å². The minimum absolute atomic E-state index is 0.596. The average molecular weight is 272 g/mol. The van der Waals surface area contributed by atoms with E-state index >= 15 is 0 Å². The second-order valence-electron chi connectivity index (χ2n) is 4.56. The zero-order valence-corrected chi connectivity index (χ0v) is 12.1. The SMILES string of the molecule is CCOCCN(C)c1nc(C(C)(C)C(=O)O)cs1. The number of aromatic nitrogens is 1. The minimum Gasteiger partial charge on any atom is -0.481 e. The third kappa shape index (κ3) is 3.43. The van der Waals surface area contributed by atoms with E-state index in [0.29, 0.717) is 18.9 Å². The van der Waals surface area contributed by atoms with Gasteiger partial charge in [-0.15, -0.1) is 11.3 Å². The van der Waals surface area contributed by atoms with Crippen LogP contribution in [0.4, 0.5) is 5.13 Å². The Hall–Kier alpha value is -1.14. The van der Waals surface area contributed by atoms with Crippen molar-refractivity contribution in [2.24, 2.45) is 0 Å². The molecule has 6 heteroatoms. The van der Waals surface area contributed by atoms with E-state index in [1.54, 1.807) is 19.2 Å². The summed E-state index contributed by atoms with van der Waals surface area (Å²) in [5.41, 5.74) is -0.353. The van der Waals surface area contributed by atoms with Gasteiger partial charge in [-0.1, -0.05) is 0 Å². The number of thiazole rings is 1. The molecule has 0 unspecified atom stereocenters. The summed E-state index contributed by atoms with van der Waals surface area (Å²) in [4.78, 5) is 17.5. The van der Waals surface area contributed by atoms with Gasteiger partial charge in [0.2, 0.25) is 0 Å². The number of anilines is 1. The lowest BCUT2D eigenvalue weighted by molar-refractivity contribution is -0.142. The predicted octanol–water partition coefficient (Wildman–Crippen LogP) is 1.98. The van der Waals surface area contributed by atoms with E-state index in [2.05, 4.69) is 4.98 Å². The van der Waals surface area contributed by atoms with Crippen LogP contribution in [0.3, 0.4) is 0 Å². The lowest BCUT2D eigenvalue weighted by atomic mass is 9.90. The van der Waals surface area contributed by atoms with Gasteiger partial charge in [0.15, 0.2) is 5.13 Å². The molecule has 1 rings (SSSR count). The highest BCUT2D eigenvalue weighted by Crippen LogP contribution is 2.28. The van der Waals surface area contributed by atoms with Gasteiger partial charge in [-0.3, -0.25) is 4.79 Å². The van der Waals surface area contributed by atoms with Crippen LogP contribution < -0.4 is 4.90 Å². The first-order valence-corrected chi connectivity index (χ1v) is 6.75. The van der Waals surface area contributed by atoms with Crippen LogP contribution in [0.15, 0.2) is 5.38 Å². The number of carboxylic acid groups (broad SMARTS) is 1. The first kappa shape index (κ1) is 14.9. The third-order valence-corrected chi connectivity index (χ3v) is 3.72. The summed E-state index contributed by atoms with van der Waals surface area (Å²) in [6.45, 7) is 7.36. The summed E-state index contributed by atoms with van der Waals surface area (Å²) in [7, 11) is 1.93. The maximum absolute atomic E-state index is 11.1. The van der Waals surface area contributed by atoms with Crippen molar-refractivity contribution in [3.8, 4) is 0 Å². The Balaban J connectivity index is 2.71. The molecule has 1 heterocycles. The summed E-state index contributed by atoms with van der Waals surface area (Å²) in [6, 6.07) is 0. The Morgan fingerprint density at radius 3 is 2.83 bits per heavy atom. The Bertz CT molecular complexity index is 404. The molecule has 1 N–H and O–H groups in total. The molecule has 102 valence electrons. The van der Waals surface area contributed by atoms with E-state index in [4.69, 9.17) is 9.84 Å². The largest absolute Gasteiger partial charge is 0.481 e. The van der Waals surface area contributed by atoms with E-state index in [9.17, 15) is 4.79 Å². The topological polar surface area (TPSA) is 62.7 Å². The molecule has 1 aromatic rings. The van der Waals surface area contributed by atoms with Crippen LogP contribution in [-0.2, 0) is 14.9 Å². The molecule has 18 heavy (non-hydrogen) atoms. The van der Waals surface area contributed by atoms with E-state index in [-0.39, 0.29) is 0 Å². The Kier molecular flexibility index (Phi) is 5.10. The second kappa shape index (κ2) is 6.15. The molecule has 5 nitrogen and oxygen atoms in total. The number of carboxylic acids is 1. The number of carbonyl (C=O) groups is 1. The van der Waals surface area contributed by atoms with Crippen molar-refractivity contribution >= 4 is 22.4 Å².